The van der Waals surface area contributed by atoms with Gasteiger partial charge in [-0.25, -0.2) is 4.39 Å². The average molecular weight is 258 g/mol. The zero-order valence-electron chi connectivity index (χ0n) is 8.50. The van der Waals surface area contributed by atoms with Crippen LogP contribution < -0.4 is 0 Å². The van der Waals surface area contributed by atoms with Gasteiger partial charge in [-0.3, -0.25) is 5.10 Å². The lowest BCUT2D eigenvalue weighted by molar-refractivity contribution is 0.627. The summed E-state index contributed by atoms with van der Waals surface area (Å²) in [6, 6.07) is 4.47. The van der Waals surface area contributed by atoms with E-state index in [1.807, 2.05) is 6.92 Å². The van der Waals surface area contributed by atoms with Crippen molar-refractivity contribution in [2.75, 3.05) is 0 Å². The minimum Gasteiger partial charge on any atom is -0.300 e. The first-order valence-electron chi connectivity index (χ1n) is 4.74. The van der Waals surface area contributed by atoms with Crippen molar-refractivity contribution in [3.8, 4) is 11.4 Å². The van der Waals surface area contributed by atoms with Crippen LogP contribution in [0.2, 0.25) is 5.02 Å². The van der Waals surface area contributed by atoms with Crippen molar-refractivity contribution in [2.24, 2.45) is 0 Å². The van der Waals surface area contributed by atoms with Gasteiger partial charge in [-0.15, -0.1) is 0 Å². The van der Waals surface area contributed by atoms with E-state index >= 15 is 0 Å². The van der Waals surface area contributed by atoms with E-state index in [-0.39, 0.29) is 0 Å². The van der Waals surface area contributed by atoms with Gasteiger partial charge in [-0.2, -0.15) is 5.10 Å². The zero-order chi connectivity index (χ0) is 11.7. The summed E-state index contributed by atoms with van der Waals surface area (Å²) in [7, 11) is 0. The molecule has 6 heteroatoms. The lowest BCUT2D eigenvalue weighted by Gasteiger charge is -2.04. The molecule has 0 spiro atoms. The smallest absolute Gasteiger partial charge is 0.195 e. The number of nitrogens with one attached hydrogen (secondary N) is 1. The molecular formula is C10H9ClFN3S. The highest BCUT2D eigenvalue weighted by Crippen LogP contribution is 2.23. The molecule has 16 heavy (non-hydrogen) atoms. The van der Waals surface area contributed by atoms with E-state index in [1.54, 1.807) is 16.7 Å². The Hall–Kier alpha value is -1.20. The second-order valence-electron chi connectivity index (χ2n) is 3.22. The van der Waals surface area contributed by atoms with Gasteiger partial charge in [0, 0.05) is 11.6 Å². The van der Waals surface area contributed by atoms with Crippen LogP contribution in [0, 0.1) is 10.6 Å². The Kier molecular flexibility index (Phi) is 3.07. The first kappa shape index (κ1) is 11.3. The van der Waals surface area contributed by atoms with E-state index in [2.05, 4.69) is 10.2 Å². The molecule has 0 amide bonds. The van der Waals surface area contributed by atoms with Crippen molar-refractivity contribution in [2.45, 2.75) is 13.5 Å². The van der Waals surface area contributed by atoms with Crippen LogP contribution in [0.15, 0.2) is 18.2 Å². The summed E-state index contributed by atoms with van der Waals surface area (Å²) >= 11 is 10.7. The summed E-state index contributed by atoms with van der Waals surface area (Å²) in [5, 5.41) is 7.01. The van der Waals surface area contributed by atoms with Crippen LogP contribution in [0.3, 0.4) is 0 Å². The molecule has 0 saturated carbocycles. The molecule has 2 aromatic rings. The van der Waals surface area contributed by atoms with Gasteiger partial charge in [0.1, 0.15) is 5.82 Å². The first-order valence-corrected chi connectivity index (χ1v) is 5.52. The van der Waals surface area contributed by atoms with Crippen LogP contribution in [0.4, 0.5) is 4.39 Å². The standard InChI is InChI=1S/C10H9ClFN3S/c1-2-15-9(13-14-10(15)16)7-4-3-6(11)5-8(7)12/h3-5H,2H2,1H3,(H,14,16). The summed E-state index contributed by atoms with van der Waals surface area (Å²) in [5.41, 5.74) is 0.388. The molecule has 3 nitrogen and oxygen atoms in total. The second kappa shape index (κ2) is 4.35. The number of halogens is 2. The molecule has 0 radical (unpaired) electrons. The Balaban J connectivity index is 2.63. The van der Waals surface area contributed by atoms with E-state index in [4.69, 9.17) is 23.8 Å². The van der Waals surface area contributed by atoms with Gasteiger partial charge in [0.15, 0.2) is 10.6 Å². The highest BCUT2D eigenvalue weighted by atomic mass is 35.5. The lowest BCUT2D eigenvalue weighted by atomic mass is 10.2. The van der Waals surface area contributed by atoms with Gasteiger partial charge >= 0.3 is 0 Å². The zero-order valence-corrected chi connectivity index (χ0v) is 10.1. The molecule has 1 aromatic heterocycles. The van der Waals surface area contributed by atoms with Crippen molar-refractivity contribution in [3.05, 3.63) is 33.8 Å². The number of benzene rings is 1. The van der Waals surface area contributed by atoms with Crippen molar-refractivity contribution < 1.29 is 4.39 Å². The van der Waals surface area contributed by atoms with Gasteiger partial charge in [0.05, 0.1) is 5.56 Å². The predicted molar refractivity (Wildman–Crippen MR) is 63.5 cm³/mol. The number of aromatic amines is 1. The number of H-pyrrole nitrogens is 1. The van der Waals surface area contributed by atoms with Crippen LogP contribution in [-0.4, -0.2) is 14.8 Å². The second-order valence-corrected chi connectivity index (χ2v) is 4.04. The van der Waals surface area contributed by atoms with Crippen molar-refractivity contribution >= 4 is 23.8 Å². The molecule has 0 bridgehead atoms. The molecule has 0 saturated heterocycles. The van der Waals surface area contributed by atoms with E-state index in [1.165, 1.54) is 6.07 Å². The maximum Gasteiger partial charge on any atom is 0.195 e. The quantitative estimate of drug-likeness (QED) is 0.837. The van der Waals surface area contributed by atoms with E-state index < -0.39 is 5.82 Å². The molecule has 1 N–H and O–H groups in total. The highest BCUT2D eigenvalue weighted by Gasteiger charge is 2.12. The fourth-order valence-corrected chi connectivity index (χ4v) is 1.91. The number of aromatic nitrogens is 3. The van der Waals surface area contributed by atoms with Crippen LogP contribution >= 0.6 is 23.8 Å². The van der Waals surface area contributed by atoms with E-state index in [0.717, 1.165) is 0 Å². The fraction of sp³-hybridized carbons (Fsp3) is 0.200. The maximum absolute atomic E-state index is 13.7. The summed E-state index contributed by atoms with van der Waals surface area (Å²) in [4.78, 5) is 0. The Bertz CT molecular complexity index is 576. The van der Waals surface area contributed by atoms with Crippen molar-refractivity contribution in [1.82, 2.24) is 14.8 Å². The Labute approximate surface area is 102 Å². The summed E-state index contributed by atoms with van der Waals surface area (Å²) in [6.45, 7) is 2.55. The molecular weight excluding hydrogens is 249 g/mol. The summed E-state index contributed by atoms with van der Waals surface area (Å²) in [5.74, 6) is 0.0814. The predicted octanol–water partition coefficient (Wildman–Crippen LogP) is 3.42. The van der Waals surface area contributed by atoms with Crippen LogP contribution in [0.25, 0.3) is 11.4 Å². The van der Waals surface area contributed by atoms with Gasteiger partial charge in [-0.1, -0.05) is 11.6 Å². The average Bonchev–Trinajstić information content (AvgIpc) is 2.59. The third kappa shape index (κ3) is 1.88. The number of hydrogen-bond acceptors (Lipinski definition) is 2. The van der Waals surface area contributed by atoms with Crippen LogP contribution in [0.5, 0.6) is 0 Å². The monoisotopic (exact) mass is 257 g/mol. The van der Waals surface area contributed by atoms with Gasteiger partial charge in [0.2, 0.25) is 0 Å². The summed E-state index contributed by atoms with van der Waals surface area (Å²) in [6.07, 6.45) is 0. The normalized spacial score (nSPS) is 10.7. The van der Waals surface area contributed by atoms with Crippen LogP contribution in [0.1, 0.15) is 6.92 Å². The molecule has 0 aliphatic rings. The molecule has 0 aliphatic heterocycles. The molecule has 0 aliphatic carbocycles. The largest absolute Gasteiger partial charge is 0.300 e. The Morgan fingerprint density at radius 3 is 2.94 bits per heavy atom. The summed E-state index contributed by atoms with van der Waals surface area (Å²) < 4.78 is 15.9. The van der Waals surface area contributed by atoms with E-state index in [9.17, 15) is 4.39 Å². The molecule has 1 aromatic carbocycles. The maximum atomic E-state index is 13.7. The molecule has 0 fully saturated rings. The van der Waals surface area contributed by atoms with Crippen molar-refractivity contribution in [3.63, 3.8) is 0 Å². The lowest BCUT2D eigenvalue weighted by Crippen LogP contribution is -1.99. The molecule has 0 atom stereocenters. The third-order valence-corrected chi connectivity index (χ3v) is 2.79. The first-order chi connectivity index (χ1) is 7.63. The fourth-order valence-electron chi connectivity index (χ4n) is 1.49. The van der Waals surface area contributed by atoms with Gasteiger partial charge in [0.25, 0.3) is 0 Å². The SMILES string of the molecule is CCn1c(-c2ccc(Cl)cc2F)n[nH]c1=S. The molecule has 0 unspecified atom stereocenters. The Morgan fingerprint density at radius 2 is 2.31 bits per heavy atom. The third-order valence-electron chi connectivity index (χ3n) is 2.25. The number of nitrogens with zero attached hydrogens (tertiary/aromatic N) is 2. The minimum atomic E-state index is -0.406. The number of rotatable bonds is 2. The van der Waals surface area contributed by atoms with Crippen LogP contribution in [-0.2, 0) is 6.54 Å². The van der Waals surface area contributed by atoms with Gasteiger partial charge < -0.3 is 4.57 Å². The number of hydrogen-bond donors (Lipinski definition) is 1. The molecule has 1 heterocycles. The van der Waals surface area contributed by atoms with E-state index in [0.29, 0.717) is 27.7 Å². The molecule has 2 rings (SSSR count). The van der Waals surface area contributed by atoms with Gasteiger partial charge in [-0.05, 0) is 37.3 Å². The minimum absolute atomic E-state index is 0.360. The molecule has 84 valence electrons. The highest BCUT2D eigenvalue weighted by molar-refractivity contribution is 7.71. The Morgan fingerprint density at radius 1 is 1.56 bits per heavy atom. The topological polar surface area (TPSA) is 33.6 Å². The van der Waals surface area contributed by atoms with Crippen molar-refractivity contribution in [1.29, 1.82) is 0 Å².